The van der Waals surface area contributed by atoms with Crippen molar-refractivity contribution >= 4 is 35.0 Å². The van der Waals surface area contributed by atoms with Gasteiger partial charge in [-0.1, -0.05) is 85.2 Å². The van der Waals surface area contributed by atoms with Gasteiger partial charge in [0.05, 0.1) is 48.7 Å². The van der Waals surface area contributed by atoms with Gasteiger partial charge in [0.25, 0.3) is 0 Å². The predicted octanol–water partition coefficient (Wildman–Crippen LogP) is 6.29. The Labute approximate surface area is 378 Å². The maximum absolute atomic E-state index is 14.6. The Morgan fingerprint density at radius 2 is 1.55 bits per heavy atom. The van der Waals surface area contributed by atoms with Crippen molar-refractivity contribution in [2.24, 2.45) is 23.7 Å². The van der Waals surface area contributed by atoms with Crippen LogP contribution in [-0.4, -0.2) is 146 Å². The molecule has 1 aromatic heterocycles. The van der Waals surface area contributed by atoms with E-state index in [0.29, 0.717) is 25.4 Å². The van der Waals surface area contributed by atoms with Crippen LogP contribution in [0.4, 0.5) is 0 Å². The van der Waals surface area contributed by atoms with Gasteiger partial charge < -0.3 is 34.8 Å². The van der Waals surface area contributed by atoms with E-state index in [9.17, 15) is 19.2 Å². The summed E-state index contributed by atoms with van der Waals surface area (Å²) in [6.45, 7) is 20.6. The van der Waals surface area contributed by atoms with Crippen LogP contribution >= 0.6 is 11.3 Å². The molecule has 4 amide bonds. The van der Waals surface area contributed by atoms with Crippen molar-refractivity contribution in [3.63, 3.8) is 0 Å². The lowest BCUT2D eigenvalue weighted by Gasteiger charge is -2.41. The van der Waals surface area contributed by atoms with Gasteiger partial charge in [-0.25, -0.2) is 4.98 Å². The summed E-state index contributed by atoms with van der Waals surface area (Å²) in [4.78, 5) is 69.5. The average molecular weight is 884 g/mol. The fourth-order valence-corrected chi connectivity index (χ4v) is 9.71. The van der Waals surface area contributed by atoms with Gasteiger partial charge in [-0.15, -0.1) is 11.3 Å². The summed E-state index contributed by atoms with van der Waals surface area (Å²) in [5, 5.41) is 9.15. The summed E-state index contributed by atoms with van der Waals surface area (Å²) >= 11 is 1.51. The molecule has 1 fully saturated rings. The van der Waals surface area contributed by atoms with Gasteiger partial charge in [0.2, 0.25) is 23.6 Å². The van der Waals surface area contributed by atoms with E-state index in [0.717, 1.165) is 42.9 Å². The molecule has 9 atom stereocenters. The molecular formula is C48H81N7O6S. The van der Waals surface area contributed by atoms with Gasteiger partial charge in [0.15, 0.2) is 0 Å². The molecule has 1 aliphatic rings. The van der Waals surface area contributed by atoms with Gasteiger partial charge in [-0.2, -0.15) is 0 Å². The molecule has 62 heavy (non-hydrogen) atoms. The molecule has 0 spiro atoms. The summed E-state index contributed by atoms with van der Waals surface area (Å²) in [5.41, 5.74) is 1.09. The molecule has 2 N–H and O–H groups in total. The summed E-state index contributed by atoms with van der Waals surface area (Å²) in [7, 11) is 9.06. The quantitative estimate of drug-likeness (QED) is 0.112. The van der Waals surface area contributed by atoms with E-state index in [2.05, 4.69) is 60.2 Å². The molecule has 350 valence electrons. The number of ether oxygens (including phenoxy) is 2. The molecule has 0 radical (unpaired) electrons. The van der Waals surface area contributed by atoms with E-state index in [1.54, 1.807) is 32.4 Å². The largest absolute Gasteiger partial charge is 0.379 e. The summed E-state index contributed by atoms with van der Waals surface area (Å²) in [6.07, 6.45) is 4.38. The second-order valence-electron chi connectivity index (χ2n) is 18.5. The van der Waals surface area contributed by atoms with Gasteiger partial charge in [0, 0.05) is 45.4 Å². The number of carbonyl (C=O) groups excluding carboxylic acids is 4. The third-order valence-electron chi connectivity index (χ3n) is 13.1. The van der Waals surface area contributed by atoms with E-state index in [4.69, 9.17) is 9.47 Å². The molecule has 1 aromatic carbocycles. The molecular weight excluding hydrogens is 803 g/mol. The highest BCUT2D eigenvalue weighted by Gasteiger charge is 2.43. The summed E-state index contributed by atoms with van der Waals surface area (Å²) in [6, 6.07) is 8.24. The zero-order chi connectivity index (χ0) is 46.3. The van der Waals surface area contributed by atoms with Crippen LogP contribution in [0.1, 0.15) is 111 Å². The molecule has 3 rings (SSSR count). The molecule has 0 unspecified atom stereocenters. The number of carbonyl (C=O) groups is 4. The van der Waals surface area contributed by atoms with E-state index in [-0.39, 0.29) is 59.9 Å². The third kappa shape index (κ3) is 14.6. The Hall–Kier alpha value is -3.43. The number of rotatable bonds is 26. The fourth-order valence-electron chi connectivity index (χ4n) is 9.02. The highest BCUT2D eigenvalue weighted by atomic mass is 32.1. The lowest BCUT2D eigenvalue weighted by atomic mass is 9.89. The first-order valence-electron chi connectivity index (χ1n) is 22.9. The van der Waals surface area contributed by atoms with Crippen LogP contribution in [0.25, 0.3) is 0 Å². The topological polar surface area (TPSA) is 137 Å². The lowest BCUT2D eigenvalue weighted by Crippen LogP contribution is -2.60. The fraction of sp³-hybridized carbons (Fsp3) is 0.729. The number of hydrogen-bond acceptors (Lipinski definition) is 10. The van der Waals surface area contributed by atoms with Crippen molar-refractivity contribution in [3.8, 4) is 0 Å². The van der Waals surface area contributed by atoms with Crippen molar-refractivity contribution in [1.82, 2.24) is 35.2 Å². The van der Waals surface area contributed by atoms with Crippen LogP contribution in [0, 0.1) is 23.7 Å². The van der Waals surface area contributed by atoms with Gasteiger partial charge >= 0.3 is 0 Å². The minimum atomic E-state index is -0.769. The van der Waals surface area contributed by atoms with E-state index < -0.39 is 36.3 Å². The normalized spacial score (nSPS) is 18.4. The molecule has 13 nitrogen and oxygen atoms in total. The molecule has 2 heterocycles. The van der Waals surface area contributed by atoms with Crippen LogP contribution < -0.4 is 10.6 Å². The van der Waals surface area contributed by atoms with Crippen LogP contribution in [0.15, 0.2) is 41.9 Å². The van der Waals surface area contributed by atoms with Gasteiger partial charge in [-0.3, -0.25) is 24.1 Å². The molecule has 0 bridgehead atoms. The number of hydrogen-bond donors (Lipinski definition) is 2. The minimum Gasteiger partial charge on any atom is -0.379 e. The number of nitrogens with zero attached hydrogens (tertiary/aromatic N) is 5. The van der Waals surface area contributed by atoms with Crippen molar-refractivity contribution in [2.45, 2.75) is 149 Å². The summed E-state index contributed by atoms with van der Waals surface area (Å²) in [5.74, 6) is -1.37. The van der Waals surface area contributed by atoms with Crippen LogP contribution in [0.5, 0.6) is 0 Å². The van der Waals surface area contributed by atoms with Crippen LogP contribution in [0.2, 0.25) is 0 Å². The van der Waals surface area contributed by atoms with Crippen molar-refractivity contribution in [1.29, 1.82) is 0 Å². The molecule has 1 saturated heterocycles. The number of amides is 4. The zero-order valence-corrected chi connectivity index (χ0v) is 41.2. The Bertz CT molecular complexity index is 1650. The number of aromatic nitrogens is 1. The summed E-state index contributed by atoms with van der Waals surface area (Å²) < 4.78 is 12.2. The molecule has 0 saturated carbocycles. The van der Waals surface area contributed by atoms with E-state index in [1.807, 2.05) is 82.3 Å². The number of likely N-dealkylation sites (N-methyl/N-ethyl adjacent to an activating group) is 2. The maximum atomic E-state index is 14.6. The molecule has 14 heteroatoms. The highest BCUT2D eigenvalue weighted by molar-refractivity contribution is 7.09. The number of thiazole rings is 1. The highest BCUT2D eigenvalue weighted by Crippen LogP contribution is 2.31. The van der Waals surface area contributed by atoms with Gasteiger partial charge in [0.1, 0.15) is 11.0 Å². The lowest BCUT2D eigenvalue weighted by molar-refractivity contribution is -0.148. The Morgan fingerprint density at radius 3 is 2.10 bits per heavy atom. The Balaban J connectivity index is 1.77. The molecule has 2 aromatic rings. The number of methoxy groups -OCH3 is 2. The second-order valence-corrected chi connectivity index (χ2v) is 19.5. The predicted molar refractivity (Wildman–Crippen MR) is 250 cm³/mol. The zero-order valence-electron chi connectivity index (χ0n) is 40.4. The molecule has 0 aliphatic carbocycles. The van der Waals surface area contributed by atoms with Crippen molar-refractivity contribution in [3.05, 3.63) is 52.5 Å². The van der Waals surface area contributed by atoms with E-state index >= 15 is 0 Å². The number of nitrogens with one attached hydrogen (secondary N) is 2. The monoisotopic (exact) mass is 884 g/mol. The first-order chi connectivity index (χ1) is 29.4. The SMILES string of the molecule is CC[C@H](C)[C@@H]([C@@H](CC(=O)N1CCC[C@H]1[C@H](OC)[C@@H](C)C(=O)N[C@@H](Cc1ccccc1)c1nccs1)OC)N(C)C(=O)[C@@H](NC(=O)[C@H](C(C)C)N(C)CCCN(C)C(C)C)C(C)C. The van der Waals surface area contributed by atoms with E-state index in [1.165, 1.54) is 11.3 Å². The van der Waals surface area contributed by atoms with Crippen LogP contribution in [0.3, 0.4) is 0 Å². The first-order valence-corrected chi connectivity index (χ1v) is 23.8. The standard InChI is InChI=1S/C48H81N7O6S/c1-15-34(8)43(54(12)48(59)41(31(2)3)51-46(58)42(32(4)5)53(11)26-20-25-52(10)33(6)7)39(60-13)30-40(56)55-27-19-23-38(55)44(61-14)35(9)45(57)50-37(47-49-24-28-62-47)29-36-21-17-16-18-22-36/h16-18,21-22,24,28,31-35,37-39,41-44H,15,19-20,23,25-27,29-30H2,1-14H3,(H,50,57)(H,51,58)/t34-,35+,37-,38-,39+,41-,42-,43-,44+/m0/s1. The van der Waals surface area contributed by atoms with Crippen molar-refractivity contribution in [2.75, 3.05) is 55.0 Å². The average Bonchev–Trinajstić information content (AvgIpc) is 3.96. The number of likely N-dealkylation sites (tertiary alicyclic amines) is 1. The smallest absolute Gasteiger partial charge is 0.245 e. The second kappa shape index (κ2) is 25.8. The minimum absolute atomic E-state index is 0.0183. The Morgan fingerprint density at radius 1 is 0.887 bits per heavy atom. The Kier molecular flexibility index (Phi) is 22.0. The van der Waals surface area contributed by atoms with Crippen LogP contribution in [-0.2, 0) is 35.1 Å². The first kappa shape index (κ1) is 52.9. The third-order valence-corrected chi connectivity index (χ3v) is 14.0. The molecule has 1 aliphatic heterocycles. The van der Waals surface area contributed by atoms with Gasteiger partial charge in [-0.05, 0) is 90.0 Å². The number of benzene rings is 1. The van der Waals surface area contributed by atoms with Crippen molar-refractivity contribution < 1.29 is 28.7 Å². The maximum Gasteiger partial charge on any atom is 0.245 e.